The van der Waals surface area contributed by atoms with Gasteiger partial charge in [0.25, 0.3) is 15.7 Å². The van der Waals surface area contributed by atoms with Crippen molar-refractivity contribution in [1.82, 2.24) is 0 Å². The maximum atomic E-state index is 12.6. The van der Waals surface area contributed by atoms with Crippen molar-refractivity contribution >= 4 is 27.3 Å². The third-order valence-corrected chi connectivity index (χ3v) is 4.68. The SMILES string of the molecule is CC(=O)N(c1ccccc1)S(=O)(=O)c1ccc([N+](=O)[O-])cc1. The molecule has 0 N–H and O–H groups in total. The normalized spacial score (nSPS) is 11.0. The molecule has 0 spiro atoms. The number of sulfonamides is 1. The molecule has 2 rings (SSSR count). The highest BCUT2D eigenvalue weighted by atomic mass is 32.2. The molecule has 0 fully saturated rings. The van der Waals surface area contributed by atoms with Crippen LogP contribution in [0, 0.1) is 10.1 Å². The third kappa shape index (κ3) is 2.96. The first kappa shape index (κ1) is 15.6. The highest BCUT2D eigenvalue weighted by Crippen LogP contribution is 2.25. The van der Waals surface area contributed by atoms with E-state index in [1.165, 1.54) is 12.1 Å². The number of hydrogen-bond donors (Lipinski definition) is 0. The molecule has 0 aromatic heterocycles. The number of nitrogens with zero attached hydrogens (tertiary/aromatic N) is 2. The lowest BCUT2D eigenvalue weighted by Gasteiger charge is -2.20. The van der Waals surface area contributed by atoms with Crippen molar-refractivity contribution in [2.24, 2.45) is 0 Å². The Morgan fingerprint density at radius 1 is 1.05 bits per heavy atom. The van der Waals surface area contributed by atoms with Crippen LogP contribution in [-0.4, -0.2) is 19.2 Å². The van der Waals surface area contributed by atoms with Gasteiger partial charge in [-0.25, -0.2) is 12.7 Å². The molecule has 22 heavy (non-hydrogen) atoms. The number of rotatable bonds is 4. The minimum atomic E-state index is -4.13. The second-order valence-corrected chi connectivity index (χ2v) is 6.16. The van der Waals surface area contributed by atoms with Crippen LogP contribution in [0.25, 0.3) is 0 Å². The Morgan fingerprint density at radius 2 is 1.59 bits per heavy atom. The molecule has 0 bridgehead atoms. The van der Waals surface area contributed by atoms with Crippen molar-refractivity contribution in [1.29, 1.82) is 0 Å². The number of non-ortho nitro benzene ring substituents is 1. The van der Waals surface area contributed by atoms with Gasteiger partial charge in [0.05, 0.1) is 15.5 Å². The van der Waals surface area contributed by atoms with Crippen molar-refractivity contribution in [2.45, 2.75) is 11.8 Å². The molecule has 114 valence electrons. The molecule has 0 unspecified atom stereocenters. The number of nitro benzene ring substituents is 1. The smallest absolute Gasteiger partial charge is 0.270 e. The molecule has 0 saturated carbocycles. The van der Waals surface area contributed by atoms with E-state index in [0.29, 0.717) is 4.31 Å². The summed E-state index contributed by atoms with van der Waals surface area (Å²) in [5, 5.41) is 10.6. The number of carbonyl (C=O) groups is 1. The maximum absolute atomic E-state index is 12.6. The number of carbonyl (C=O) groups excluding carboxylic acids is 1. The van der Waals surface area contributed by atoms with Crippen molar-refractivity contribution in [2.75, 3.05) is 4.31 Å². The summed E-state index contributed by atoms with van der Waals surface area (Å²) >= 11 is 0. The summed E-state index contributed by atoms with van der Waals surface area (Å²) in [7, 11) is -4.13. The van der Waals surface area contributed by atoms with Gasteiger partial charge in [-0.15, -0.1) is 0 Å². The zero-order valence-electron chi connectivity index (χ0n) is 11.5. The van der Waals surface area contributed by atoms with Crippen molar-refractivity contribution in [3.8, 4) is 0 Å². The lowest BCUT2D eigenvalue weighted by atomic mass is 10.3. The predicted octanol–water partition coefficient (Wildman–Crippen LogP) is 2.34. The van der Waals surface area contributed by atoms with Gasteiger partial charge in [-0.1, -0.05) is 18.2 Å². The van der Waals surface area contributed by atoms with E-state index >= 15 is 0 Å². The third-order valence-electron chi connectivity index (χ3n) is 2.86. The van der Waals surface area contributed by atoms with Crippen molar-refractivity contribution in [3.05, 3.63) is 64.7 Å². The first-order valence-corrected chi connectivity index (χ1v) is 7.63. The predicted molar refractivity (Wildman–Crippen MR) is 79.9 cm³/mol. The van der Waals surface area contributed by atoms with Gasteiger partial charge in [-0.2, -0.15) is 0 Å². The molecule has 0 radical (unpaired) electrons. The molecule has 0 saturated heterocycles. The van der Waals surface area contributed by atoms with E-state index in [1.54, 1.807) is 18.2 Å². The Morgan fingerprint density at radius 3 is 2.05 bits per heavy atom. The van der Waals surface area contributed by atoms with E-state index in [9.17, 15) is 23.3 Å². The fourth-order valence-corrected chi connectivity index (χ4v) is 3.33. The summed E-state index contributed by atoms with van der Waals surface area (Å²) in [6.45, 7) is 1.13. The molecule has 2 aromatic rings. The number of anilines is 1. The Labute approximate surface area is 127 Å². The molecule has 8 heteroatoms. The van der Waals surface area contributed by atoms with Gasteiger partial charge in [-0.3, -0.25) is 14.9 Å². The molecular formula is C14H12N2O5S. The quantitative estimate of drug-likeness (QED) is 0.636. The topological polar surface area (TPSA) is 97.6 Å². The average Bonchev–Trinajstić information content (AvgIpc) is 2.48. The van der Waals surface area contributed by atoms with Gasteiger partial charge in [0, 0.05) is 19.1 Å². The van der Waals surface area contributed by atoms with Crippen LogP contribution in [0.5, 0.6) is 0 Å². The van der Waals surface area contributed by atoms with E-state index in [1.807, 2.05) is 0 Å². The molecule has 0 heterocycles. The van der Waals surface area contributed by atoms with Gasteiger partial charge in [0.15, 0.2) is 0 Å². The van der Waals surface area contributed by atoms with Crippen molar-refractivity contribution < 1.29 is 18.1 Å². The van der Waals surface area contributed by atoms with Gasteiger partial charge < -0.3 is 0 Å². The second-order valence-electron chi connectivity index (χ2n) is 4.38. The number of hydrogen-bond acceptors (Lipinski definition) is 5. The zero-order chi connectivity index (χ0) is 16.3. The highest BCUT2D eigenvalue weighted by molar-refractivity contribution is 7.93. The molecule has 7 nitrogen and oxygen atoms in total. The van der Waals surface area contributed by atoms with Crippen LogP contribution in [-0.2, 0) is 14.8 Å². The van der Waals surface area contributed by atoms with Crippen molar-refractivity contribution in [3.63, 3.8) is 0 Å². The summed E-state index contributed by atoms with van der Waals surface area (Å²) in [5.41, 5.74) is -0.0265. The molecular weight excluding hydrogens is 308 g/mol. The maximum Gasteiger partial charge on any atom is 0.270 e. The minimum Gasteiger partial charge on any atom is -0.274 e. The fraction of sp³-hybridized carbons (Fsp3) is 0.0714. The summed E-state index contributed by atoms with van der Waals surface area (Å²) in [6.07, 6.45) is 0. The lowest BCUT2D eigenvalue weighted by Crippen LogP contribution is -2.35. The van der Waals surface area contributed by atoms with Gasteiger partial charge in [-0.05, 0) is 24.3 Å². The van der Waals surface area contributed by atoms with Crippen LogP contribution >= 0.6 is 0 Å². The van der Waals surface area contributed by atoms with Crippen LogP contribution in [0.3, 0.4) is 0 Å². The first-order chi connectivity index (χ1) is 10.3. The summed E-state index contributed by atoms with van der Waals surface area (Å²) in [5.74, 6) is -0.676. The molecule has 1 amide bonds. The van der Waals surface area contributed by atoms with Crippen LogP contribution in [0.15, 0.2) is 59.5 Å². The standard InChI is InChI=1S/C14H12N2O5S/c1-11(17)15(12-5-3-2-4-6-12)22(20,21)14-9-7-13(8-10-14)16(18)19/h2-10H,1H3. The van der Waals surface area contributed by atoms with Crippen LogP contribution in [0.2, 0.25) is 0 Å². The highest BCUT2D eigenvalue weighted by Gasteiger charge is 2.28. The number of para-hydroxylation sites is 1. The fourth-order valence-electron chi connectivity index (χ4n) is 1.90. The largest absolute Gasteiger partial charge is 0.274 e. The Balaban J connectivity index is 2.51. The van der Waals surface area contributed by atoms with Gasteiger partial charge in [0.1, 0.15) is 0 Å². The van der Waals surface area contributed by atoms with Crippen LogP contribution < -0.4 is 4.31 Å². The van der Waals surface area contributed by atoms with Crippen LogP contribution in [0.1, 0.15) is 6.92 Å². The second kappa shape index (κ2) is 5.94. The molecule has 0 aliphatic carbocycles. The monoisotopic (exact) mass is 320 g/mol. The number of nitro groups is 1. The number of amides is 1. The number of benzene rings is 2. The van der Waals surface area contributed by atoms with Crippen LogP contribution in [0.4, 0.5) is 11.4 Å². The Kier molecular flexibility index (Phi) is 4.22. The van der Waals surface area contributed by atoms with E-state index in [2.05, 4.69) is 0 Å². The summed E-state index contributed by atoms with van der Waals surface area (Å²) in [6, 6.07) is 12.3. The van der Waals surface area contributed by atoms with E-state index in [0.717, 1.165) is 31.2 Å². The molecule has 0 aliphatic rings. The minimum absolute atomic E-state index is 0.197. The zero-order valence-corrected chi connectivity index (χ0v) is 12.4. The van der Waals surface area contributed by atoms with Gasteiger partial charge >= 0.3 is 0 Å². The van der Waals surface area contributed by atoms with E-state index < -0.39 is 20.9 Å². The molecule has 0 atom stereocenters. The summed E-state index contributed by atoms with van der Waals surface area (Å²) < 4.78 is 25.8. The van der Waals surface area contributed by atoms with E-state index in [-0.39, 0.29) is 16.3 Å². The molecule has 2 aromatic carbocycles. The summed E-state index contributed by atoms with van der Waals surface area (Å²) in [4.78, 5) is 21.6. The Hall–Kier alpha value is -2.74. The average molecular weight is 320 g/mol. The molecule has 0 aliphatic heterocycles. The van der Waals surface area contributed by atoms with Gasteiger partial charge in [0.2, 0.25) is 5.91 Å². The Bertz CT molecular complexity index is 801. The first-order valence-electron chi connectivity index (χ1n) is 6.19. The lowest BCUT2D eigenvalue weighted by molar-refractivity contribution is -0.384. The van der Waals surface area contributed by atoms with E-state index in [4.69, 9.17) is 0 Å².